The molecular weight excluding hydrogens is 496 g/mol. The number of hydrogen-bond acceptors (Lipinski definition) is 6. The van der Waals surface area contributed by atoms with Gasteiger partial charge in [0.05, 0.1) is 6.54 Å². The first-order valence-electron chi connectivity index (χ1n) is 10.9. The molecule has 0 saturated carbocycles. The third kappa shape index (κ3) is 4.16. The molecule has 5 rings (SSSR count). The van der Waals surface area contributed by atoms with E-state index in [1.807, 2.05) is 41.0 Å². The Kier molecular flexibility index (Phi) is 5.60. The number of tetrazole rings is 1. The summed E-state index contributed by atoms with van der Waals surface area (Å²) in [4.78, 5) is 17.7. The molecule has 10 heteroatoms. The zero-order valence-corrected chi connectivity index (χ0v) is 20.6. The summed E-state index contributed by atoms with van der Waals surface area (Å²) in [5, 5.41) is 21.2. The zero-order chi connectivity index (χ0) is 23.9. The Morgan fingerprint density at radius 2 is 1.68 bits per heavy atom. The first-order chi connectivity index (χ1) is 16.3. The maximum Gasteiger partial charge on any atom is 0.290 e. The number of rotatable bonds is 5. The van der Waals surface area contributed by atoms with Gasteiger partial charge in [0.15, 0.2) is 4.60 Å². The van der Waals surface area contributed by atoms with Crippen LogP contribution >= 0.6 is 15.9 Å². The number of hydrogen-bond donors (Lipinski definition) is 2. The Balaban J connectivity index is 1.69. The fourth-order valence-electron chi connectivity index (χ4n) is 4.14. The van der Waals surface area contributed by atoms with Crippen LogP contribution in [0.5, 0.6) is 0 Å². The molecule has 3 aromatic heterocycles. The molecule has 3 heterocycles. The first-order valence-corrected chi connectivity index (χ1v) is 11.7. The van der Waals surface area contributed by atoms with E-state index in [1.54, 1.807) is 0 Å². The highest BCUT2D eigenvalue weighted by Crippen LogP contribution is 2.33. The molecule has 34 heavy (non-hydrogen) atoms. The number of aromatic amines is 2. The number of benzene rings is 2. The van der Waals surface area contributed by atoms with Gasteiger partial charge in [0.2, 0.25) is 5.82 Å². The van der Waals surface area contributed by atoms with Crippen molar-refractivity contribution in [1.82, 2.24) is 40.4 Å². The molecule has 2 N–H and O–H groups in total. The minimum absolute atomic E-state index is 0.0173. The lowest BCUT2D eigenvalue weighted by Crippen LogP contribution is -2.18. The number of halogens is 1. The van der Waals surface area contributed by atoms with Crippen molar-refractivity contribution in [1.29, 1.82) is 0 Å². The van der Waals surface area contributed by atoms with E-state index in [1.165, 1.54) is 0 Å². The number of H-pyrrole nitrogens is 2. The Hall–Kier alpha value is -3.66. The van der Waals surface area contributed by atoms with Gasteiger partial charge in [-0.05, 0) is 43.2 Å². The third-order valence-corrected chi connectivity index (χ3v) is 6.10. The second kappa shape index (κ2) is 8.60. The van der Waals surface area contributed by atoms with Crippen LogP contribution in [0.3, 0.4) is 0 Å². The van der Waals surface area contributed by atoms with Crippen molar-refractivity contribution in [3.8, 4) is 22.5 Å². The van der Waals surface area contributed by atoms with Gasteiger partial charge in [-0.2, -0.15) is 10.3 Å². The largest absolute Gasteiger partial charge is 0.319 e. The van der Waals surface area contributed by atoms with E-state index in [4.69, 9.17) is 4.98 Å². The Morgan fingerprint density at radius 1 is 0.971 bits per heavy atom. The lowest BCUT2D eigenvalue weighted by atomic mass is 9.91. The minimum Gasteiger partial charge on any atom is -0.319 e. The predicted octanol–water partition coefficient (Wildman–Crippen LogP) is 4.37. The van der Waals surface area contributed by atoms with Crippen LogP contribution in [-0.2, 0) is 13.0 Å². The molecule has 0 unspecified atom stereocenters. The molecule has 0 aliphatic rings. The molecule has 0 aliphatic heterocycles. The number of fused-ring (bicyclic) bond motifs is 1. The number of aromatic nitrogens is 8. The standard InChI is InChI=1S/C24H23BrN8O/c1-24(2,3)12-18-26-19-20(23(34)30-27-21(19)25)33(18)13-14-8-4-5-9-15(14)16-10-6-7-11-17(16)22-28-31-32-29-22/h4-11H,12-13H2,1-3H3,(H,30,34)(H,28,29,31,32). The fourth-order valence-corrected chi connectivity index (χ4v) is 4.50. The molecule has 0 aliphatic carbocycles. The molecule has 0 saturated heterocycles. The number of imidazole rings is 1. The highest BCUT2D eigenvalue weighted by atomic mass is 79.9. The monoisotopic (exact) mass is 518 g/mol. The SMILES string of the molecule is CC(C)(C)Cc1nc2c(Br)n[nH]c(=O)c2n1Cc1ccccc1-c1ccccc1-c1nn[nH]n1. The smallest absolute Gasteiger partial charge is 0.290 e. The lowest BCUT2D eigenvalue weighted by Gasteiger charge is -2.20. The van der Waals surface area contributed by atoms with Crippen LogP contribution in [-0.4, -0.2) is 40.4 Å². The Labute approximate surface area is 203 Å². The van der Waals surface area contributed by atoms with Crippen LogP contribution in [0.25, 0.3) is 33.5 Å². The van der Waals surface area contributed by atoms with Gasteiger partial charge in [-0.3, -0.25) is 4.79 Å². The third-order valence-electron chi connectivity index (χ3n) is 5.55. The molecule has 0 spiro atoms. The normalized spacial score (nSPS) is 11.9. The molecule has 0 fully saturated rings. The van der Waals surface area contributed by atoms with Crippen molar-refractivity contribution in [3.63, 3.8) is 0 Å². The van der Waals surface area contributed by atoms with Crippen LogP contribution in [0, 0.1) is 5.41 Å². The van der Waals surface area contributed by atoms with Gasteiger partial charge in [0, 0.05) is 12.0 Å². The van der Waals surface area contributed by atoms with Crippen LogP contribution in [0.15, 0.2) is 57.9 Å². The van der Waals surface area contributed by atoms with Crippen molar-refractivity contribution in [2.24, 2.45) is 5.41 Å². The minimum atomic E-state index is -0.268. The summed E-state index contributed by atoms with van der Waals surface area (Å²) in [6, 6.07) is 16.1. The van der Waals surface area contributed by atoms with E-state index in [0.717, 1.165) is 28.1 Å². The highest BCUT2D eigenvalue weighted by Gasteiger charge is 2.23. The van der Waals surface area contributed by atoms with E-state index in [2.05, 4.69) is 79.7 Å². The quantitative estimate of drug-likeness (QED) is 0.356. The number of nitrogens with one attached hydrogen (secondary N) is 2. The van der Waals surface area contributed by atoms with Gasteiger partial charge in [0.1, 0.15) is 16.9 Å². The first kappa shape index (κ1) is 22.1. The second-order valence-electron chi connectivity index (χ2n) is 9.33. The van der Waals surface area contributed by atoms with Crippen LogP contribution in [0.4, 0.5) is 0 Å². The van der Waals surface area contributed by atoms with Gasteiger partial charge >= 0.3 is 0 Å². The Morgan fingerprint density at radius 3 is 2.38 bits per heavy atom. The molecule has 0 amide bonds. The maximum absolute atomic E-state index is 12.9. The van der Waals surface area contributed by atoms with Crippen molar-refractivity contribution in [2.45, 2.75) is 33.7 Å². The molecular formula is C24H23BrN8O. The summed E-state index contributed by atoms with van der Waals surface area (Å²) >= 11 is 3.45. The van der Waals surface area contributed by atoms with Crippen molar-refractivity contribution < 1.29 is 0 Å². The van der Waals surface area contributed by atoms with Gasteiger partial charge in [-0.1, -0.05) is 69.3 Å². The molecule has 2 aromatic carbocycles. The van der Waals surface area contributed by atoms with E-state index in [0.29, 0.717) is 34.4 Å². The molecule has 172 valence electrons. The van der Waals surface area contributed by atoms with Crippen molar-refractivity contribution in [3.05, 3.63) is 74.9 Å². The van der Waals surface area contributed by atoms with Crippen LogP contribution < -0.4 is 5.56 Å². The Bertz CT molecular complexity index is 1530. The fraction of sp³-hybridized carbons (Fsp3) is 0.250. The molecule has 0 radical (unpaired) electrons. The topological polar surface area (TPSA) is 118 Å². The predicted molar refractivity (Wildman–Crippen MR) is 133 cm³/mol. The van der Waals surface area contributed by atoms with Crippen LogP contribution in [0.1, 0.15) is 32.2 Å². The van der Waals surface area contributed by atoms with Gasteiger partial charge in [-0.25, -0.2) is 10.1 Å². The second-order valence-corrected chi connectivity index (χ2v) is 10.1. The highest BCUT2D eigenvalue weighted by molar-refractivity contribution is 9.10. The van der Waals surface area contributed by atoms with Crippen molar-refractivity contribution >= 4 is 27.0 Å². The van der Waals surface area contributed by atoms with Crippen LogP contribution in [0.2, 0.25) is 0 Å². The van der Waals surface area contributed by atoms with E-state index < -0.39 is 0 Å². The average Bonchev–Trinajstić information content (AvgIpc) is 3.45. The number of nitrogens with zero attached hydrogens (tertiary/aromatic N) is 6. The summed E-state index contributed by atoms with van der Waals surface area (Å²) in [5.74, 6) is 1.36. The van der Waals surface area contributed by atoms with Gasteiger partial charge < -0.3 is 4.57 Å². The molecule has 9 nitrogen and oxygen atoms in total. The molecule has 0 bridgehead atoms. The summed E-state index contributed by atoms with van der Waals surface area (Å²) in [6.07, 6.45) is 0.704. The maximum atomic E-state index is 12.9. The summed E-state index contributed by atoms with van der Waals surface area (Å²) in [7, 11) is 0. The summed E-state index contributed by atoms with van der Waals surface area (Å²) in [5.41, 5.74) is 4.70. The molecule has 0 atom stereocenters. The zero-order valence-electron chi connectivity index (χ0n) is 19.0. The average molecular weight is 519 g/mol. The van der Waals surface area contributed by atoms with E-state index in [9.17, 15) is 4.79 Å². The molecule has 5 aromatic rings. The lowest BCUT2D eigenvalue weighted by molar-refractivity contribution is 0.394. The van der Waals surface area contributed by atoms with E-state index in [-0.39, 0.29) is 11.0 Å². The summed E-state index contributed by atoms with van der Waals surface area (Å²) in [6.45, 7) is 6.94. The van der Waals surface area contributed by atoms with Crippen molar-refractivity contribution in [2.75, 3.05) is 0 Å². The van der Waals surface area contributed by atoms with Gasteiger partial charge in [-0.15, -0.1) is 10.2 Å². The van der Waals surface area contributed by atoms with Gasteiger partial charge in [0.25, 0.3) is 5.56 Å². The summed E-state index contributed by atoms with van der Waals surface area (Å²) < 4.78 is 2.52. The van der Waals surface area contributed by atoms with E-state index >= 15 is 0 Å².